The summed E-state index contributed by atoms with van der Waals surface area (Å²) in [7, 11) is -0.541. The third-order valence-corrected chi connectivity index (χ3v) is 6.13. The number of rotatable bonds is 14. The van der Waals surface area contributed by atoms with Crippen molar-refractivity contribution in [1.82, 2.24) is 5.32 Å². The third kappa shape index (κ3) is 8.51. The molecule has 7 nitrogen and oxygen atoms in total. The van der Waals surface area contributed by atoms with Crippen LogP contribution in [-0.4, -0.2) is 47.9 Å². The van der Waals surface area contributed by atoms with Gasteiger partial charge in [0.05, 0.1) is 26.2 Å². The van der Waals surface area contributed by atoms with Crippen molar-refractivity contribution >= 4 is 21.6 Å². The molecule has 0 saturated carbocycles. The Balaban J connectivity index is 2.72. The Kier molecular flexibility index (Phi) is 10.9. The molecule has 0 saturated heterocycles. The molecule has 0 heterocycles. The molecule has 1 atom stereocenters. The molecule has 0 spiro atoms. The van der Waals surface area contributed by atoms with Crippen LogP contribution in [0.2, 0.25) is 0 Å². The maximum atomic E-state index is 12.4. The Labute approximate surface area is 175 Å². The number of nitrogens with one attached hydrogen (secondary N) is 1. The van der Waals surface area contributed by atoms with Gasteiger partial charge in [-0.15, -0.1) is 0 Å². The van der Waals surface area contributed by atoms with Crippen LogP contribution in [-0.2, 0) is 14.8 Å². The molecule has 0 unspecified atom stereocenters. The molecule has 0 bridgehead atoms. The molecule has 0 radical (unpaired) electrons. The number of nitrogens with zero attached hydrogens (tertiary/aromatic N) is 1. The summed E-state index contributed by atoms with van der Waals surface area (Å²) < 4.78 is 36.5. The first-order valence-electron chi connectivity index (χ1n) is 10.2. The van der Waals surface area contributed by atoms with Gasteiger partial charge in [-0.1, -0.05) is 33.1 Å². The zero-order valence-electron chi connectivity index (χ0n) is 18.4. The largest absolute Gasteiger partial charge is 0.497 e. The lowest BCUT2D eigenvalue weighted by Gasteiger charge is -2.24. The van der Waals surface area contributed by atoms with Crippen LogP contribution < -0.4 is 19.1 Å². The molecule has 1 rings (SSSR count). The van der Waals surface area contributed by atoms with E-state index in [1.165, 1.54) is 24.9 Å². The van der Waals surface area contributed by atoms with Gasteiger partial charge in [-0.3, -0.25) is 9.10 Å². The van der Waals surface area contributed by atoms with Gasteiger partial charge < -0.3 is 14.8 Å². The van der Waals surface area contributed by atoms with Crippen LogP contribution in [0.4, 0.5) is 5.69 Å². The van der Waals surface area contributed by atoms with E-state index < -0.39 is 10.0 Å². The van der Waals surface area contributed by atoms with Crippen molar-refractivity contribution in [3.05, 3.63) is 18.2 Å². The highest BCUT2D eigenvalue weighted by atomic mass is 32.2. The van der Waals surface area contributed by atoms with Crippen molar-refractivity contribution in [3.63, 3.8) is 0 Å². The van der Waals surface area contributed by atoms with Crippen LogP contribution >= 0.6 is 0 Å². The highest BCUT2D eigenvalue weighted by molar-refractivity contribution is 7.92. The van der Waals surface area contributed by atoms with Gasteiger partial charge in [0.2, 0.25) is 15.9 Å². The molecule has 29 heavy (non-hydrogen) atoms. The summed E-state index contributed by atoms with van der Waals surface area (Å²) in [5, 5.41) is 2.98. The van der Waals surface area contributed by atoms with Crippen LogP contribution in [0.15, 0.2) is 18.2 Å². The van der Waals surface area contributed by atoms with E-state index >= 15 is 0 Å². The number of sulfonamides is 1. The maximum Gasteiger partial charge on any atom is 0.232 e. The highest BCUT2D eigenvalue weighted by Gasteiger charge is 2.22. The van der Waals surface area contributed by atoms with Gasteiger partial charge >= 0.3 is 0 Å². The summed E-state index contributed by atoms with van der Waals surface area (Å²) in [6, 6.07) is 5.00. The first-order valence-corrected chi connectivity index (χ1v) is 12.1. The number of carbonyl (C=O) groups excluding carboxylic acids is 1. The number of hydrogen-bond donors (Lipinski definition) is 1. The fourth-order valence-electron chi connectivity index (χ4n) is 3.13. The fourth-order valence-corrected chi connectivity index (χ4v) is 4.09. The van der Waals surface area contributed by atoms with E-state index in [2.05, 4.69) is 19.2 Å². The predicted octanol–water partition coefficient (Wildman–Crippen LogP) is 3.58. The average molecular weight is 429 g/mol. The van der Waals surface area contributed by atoms with Crippen molar-refractivity contribution < 1.29 is 22.7 Å². The van der Waals surface area contributed by atoms with Gasteiger partial charge in [0, 0.05) is 25.6 Å². The Hall–Kier alpha value is -1.96. The van der Waals surface area contributed by atoms with E-state index in [-0.39, 0.29) is 18.9 Å². The lowest BCUT2D eigenvalue weighted by Crippen LogP contribution is -2.33. The lowest BCUT2D eigenvalue weighted by atomic mass is 9.99. The molecule has 0 aliphatic heterocycles. The SMILES string of the molecule is CCCC[C@@H](CC)CNC(=O)CCCN(c1cc(OC)ccc1OC)S(C)(=O)=O. The Morgan fingerprint density at radius 1 is 1.17 bits per heavy atom. The molecule has 8 heteroatoms. The first kappa shape index (κ1) is 25.1. The van der Waals surface area contributed by atoms with Crippen molar-refractivity contribution in [3.8, 4) is 11.5 Å². The van der Waals surface area contributed by atoms with Crippen molar-refractivity contribution in [1.29, 1.82) is 0 Å². The molecular weight excluding hydrogens is 392 g/mol. The van der Waals surface area contributed by atoms with E-state index in [1.807, 2.05) is 0 Å². The van der Waals surface area contributed by atoms with E-state index in [0.717, 1.165) is 25.5 Å². The van der Waals surface area contributed by atoms with Gasteiger partial charge in [-0.2, -0.15) is 0 Å². The second kappa shape index (κ2) is 12.6. The summed E-state index contributed by atoms with van der Waals surface area (Å²) in [5.41, 5.74) is 0.403. The standard InChI is InChI=1S/C21H36N2O5S/c1-6-8-10-17(7-2)16-22-21(24)11-9-14-23(29(5,25)26)19-15-18(27-3)12-13-20(19)28-4/h12-13,15,17H,6-11,14,16H2,1-5H3,(H,22,24)/t17-/m1/s1. The maximum absolute atomic E-state index is 12.4. The molecule has 166 valence electrons. The molecule has 0 fully saturated rings. The van der Waals surface area contributed by atoms with Crippen molar-refractivity contribution in [2.75, 3.05) is 37.9 Å². The minimum absolute atomic E-state index is 0.0500. The highest BCUT2D eigenvalue weighted by Crippen LogP contribution is 2.33. The minimum Gasteiger partial charge on any atom is -0.497 e. The van der Waals surface area contributed by atoms with Crippen LogP contribution in [0.25, 0.3) is 0 Å². The number of anilines is 1. The zero-order chi connectivity index (χ0) is 21.9. The van der Waals surface area contributed by atoms with E-state index in [9.17, 15) is 13.2 Å². The number of ether oxygens (including phenoxy) is 2. The molecule has 0 aliphatic rings. The second-order valence-corrected chi connectivity index (χ2v) is 9.10. The van der Waals surface area contributed by atoms with Crippen LogP contribution in [0.1, 0.15) is 52.4 Å². The van der Waals surface area contributed by atoms with E-state index in [1.54, 1.807) is 18.2 Å². The zero-order valence-corrected chi connectivity index (χ0v) is 19.2. The van der Waals surface area contributed by atoms with Crippen LogP contribution in [0, 0.1) is 5.92 Å². The number of benzene rings is 1. The van der Waals surface area contributed by atoms with Crippen molar-refractivity contribution in [2.24, 2.45) is 5.92 Å². The van der Waals surface area contributed by atoms with Gasteiger partial charge in [-0.05, 0) is 30.9 Å². The number of unbranched alkanes of at least 4 members (excludes halogenated alkanes) is 1. The summed E-state index contributed by atoms with van der Waals surface area (Å²) in [6.07, 6.45) is 6.29. The molecule has 0 aliphatic carbocycles. The Morgan fingerprint density at radius 3 is 2.45 bits per heavy atom. The summed E-state index contributed by atoms with van der Waals surface area (Å²) >= 11 is 0. The molecule has 1 aromatic rings. The quantitative estimate of drug-likeness (QED) is 0.489. The molecule has 1 N–H and O–H groups in total. The minimum atomic E-state index is -3.55. The predicted molar refractivity (Wildman–Crippen MR) is 117 cm³/mol. The number of amides is 1. The topological polar surface area (TPSA) is 84.9 Å². The first-order chi connectivity index (χ1) is 13.8. The van der Waals surface area contributed by atoms with E-state index in [4.69, 9.17) is 9.47 Å². The number of methoxy groups -OCH3 is 2. The molecule has 0 aromatic heterocycles. The monoisotopic (exact) mass is 428 g/mol. The molecule has 1 aromatic carbocycles. The Morgan fingerprint density at radius 2 is 1.90 bits per heavy atom. The summed E-state index contributed by atoms with van der Waals surface area (Å²) in [4.78, 5) is 12.2. The lowest BCUT2D eigenvalue weighted by molar-refractivity contribution is -0.121. The van der Waals surface area contributed by atoms with Crippen LogP contribution in [0.3, 0.4) is 0 Å². The fraction of sp³-hybridized carbons (Fsp3) is 0.667. The van der Waals surface area contributed by atoms with Gasteiger partial charge in [0.15, 0.2) is 0 Å². The van der Waals surface area contributed by atoms with Gasteiger partial charge in [-0.25, -0.2) is 8.42 Å². The smallest absolute Gasteiger partial charge is 0.232 e. The van der Waals surface area contributed by atoms with E-state index in [0.29, 0.717) is 36.1 Å². The van der Waals surface area contributed by atoms with Gasteiger partial charge in [0.1, 0.15) is 11.5 Å². The van der Waals surface area contributed by atoms with Crippen molar-refractivity contribution in [2.45, 2.75) is 52.4 Å². The summed E-state index contributed by atoms with van der Waals surface area (Å²) in [6.45, 7) is 5.16. The average Bonchev–Trinajstić information content (AvgIpc) is 2.70. The molecule has 1 amide bonds. The third-order valence-electron chi connectivity index (χ3n) is 4.95. The Bertz CT molecular complexity index is 737. The normalized spacial score (nSPS) is 12.3. The molecular formula is C21H36N2O5S. The number of carbonyl (C=O) groups is 1. The van der Waals surface area contributed by atoms with Gasteiger partial charge in [0.25, 0.3) is 0 Å². The number of hydrogen-bond acceptors (Lipinski definition) is 5. The summed E-state index contributed by atoms with van der Waals surface area (Å²) in [5.74, 6) is 1.41. The van der Waals surface area contributed by atoms with Crippen LogP contribution in [0.5, 0.6) is 11.5 Å². The second-order valence-electron chi connectivity index (χ2n) is 7.20.